The fourth-order valence-corrected chi connectivity index (χ4v) is 2.47. The van der Waals surface area contributed by atoms with Crippen molar-refractivity contribution in [3.05, 3.63) is 29.8 Å². The summed E-state index contributed by atoms with van der Waals surface area (Å²) in [7, 11) is 0. The Balaban J connectivity index is 1.42. The SMILES string of the molecule is O=C(CNCc1ccc(N2CCOCC2)cc1)NC1CC1. The maximum absolute atomic E-state index is 11.6. The van der Waals surface area contributed by atoms with Gasteiger partial charge in [-0.25, -0.2) is 0 Å². The Morgan fingerprint density at radius 3 is 2.57 bits per heavy atom. The van der Waals surface area contributed by atoms with E-state index in [9.17, 15) is 4.79 Å². The van der Waals surface area contributed by atoms with E-state index >= 15 is 0 Å². The zero-order valence-electron chi connectivity index (χ0n) is 12.3. The third kappa shape index (κ3) is 4.44. The van der Waals surface area contributed by atoms with Crippen molar-refractivity contribution < 1.29 is 9.53 Å². The van der Waals surface area contributed by atoms with Crippen molar-refractivity contribution >= 4 is 11.6 Å². The van der Waals surface area contributed by atoms with Crippen molar-refractivity contribution in [2.75, 3.05) is 37.7 Å². The summed E-state index contributed by atoms with van der Waals surface area (Å²) in [4.78, 5) is 13.9. The third-order valence-corrected chi connectivity index (χ3v) is 3.87. The number of amides is 1. The second-order valence-electron chi connectivity index (χ2n) is 5.71. The molecule has 1 aromatic rings. The molecule has 0 radical (unpaired) electrons. The van der Waals surface area contributed by atoms with Gasteiger partial charge < -0.3 is 20.3 Å². The van der Waals surface area contributed by atoms with Crippen LogP contribution < -0.4 is 15.5 Å². The molecule has 114 valence electrons. The average molecular weight is 289 g/mol. The van der Waals surface area contributed by atoms with E-state index in [4.69, 9.17) is 4.74 Å². The van der Waals surface area contributed by atoms with Crippen LogP contribution >= 0.6 is 0 Å². The van der Waals surface area contributed by atoms with Crippen LogP contribution in [0.3, 0.4) is 0 Å². The van der Waals surface area contributed by atoms with Gasteiger partial charge in [0.2, 0.25) is 5.91 Å². The molecule has 0 aromatic heterocycles. The molecule has 1 aliphatic carbocycles. The van der Waals surface area contributed by atoms with Crippen molar-refractivity contribution in [3.8, 4) is 0 Å². The molecule has 0 unspecified atom stereocenters. The van der Waals surface area contributed by atoms with Gasteiger partial charge in [-0.05, 0) is 30.5 Å². The zero-order chi connectivity index (χ0) is 14.5. The number of hydrogen-bond donors (Lipinski definition) is 2. The number of rotatable bonds is 6. The van der Waals surface area contributed by atoms with Crippen LogP contribution in [-0.4, -0.2) is 44.8 Å². The summed E-state index contributed by atoms with van der Waals surface area (Å²) in [5, 5.41) is 6.16. The van der Waals surface area contributed by atoms with Gasteiger partial charge in [-0.3, -0.25) is 4.79 Å². The molecule has 2 aliphatic rings. The van der Waals surface area contributed by atoms with Crippen LogP contribution in [0.1, 0.15) is 18.4 Å². The summed E-state index contributed by atoms with van der Waals surface area (Å²) in [6.45, 7) is 4.64. The molecule has 1 heterocycles. The fraction of sp³-hybridized carbons (Fsp3) is 0.562. The molecule has 2 N–H and O–H groups in total. The highest BCUT2D eigenvalue weighted by Gasteiger charge is 2.22. The smallest absolute Gasteiger partial charge is 0.234 e. The van der Waals surface area contributed by atoms with Crippen LogP contribution in [0, 0.1) is 0 Å². The molecule has 0 spiro atoms. The second-order valence-corrected chi connectivity index (χ2v) is 5.71. The number of ether oxygens (including phenoxy) is 1. The Labute approximate surface area is 125 Å². The van der Waals surface area contributed by atoms with Crippen molar-refractivity contribution in [1.29, 1.82) is 0 Å². The topological polar surface area (TPSA) is 53.6 Å². The molecular weight excluding hydrogens is 266 g/mol. The first-order chi connectivity index (χ1) is 10.3. The van der Waals surface area contributed by atoms with Crippen LogP contribution in [0.15, 0.2) is 24.3 Å². The number of carbonyl (C=O) groups excluding carboxylic acids is 1. The number of anilines is 1. The first-order valence-electron chi connectivity index (χ1n) is 7.73. The molecule has 0 bridgehead atoms. The van der Waals surface area contributed by atoms with E-state index < -0.39 is 0 Å². The maximum atomic E-state index is 11.6. The first-order valence-corrected chi connectivity index (χ1v) is 7.73. The van der Waals surface area contributed by atoms with Crippen LogP contribution in [0.4, 0.5) is 5.69 Å². The van der Waals surface area contributed by atoms with Gasteiger partial charge in [0.15, 0.2) is 0 Å². The van der Waals surface area contributed by atoms with Crippen LogP contribution in [0.5, 0.6) is 0 Å². The summed E-state index contributed by atoms with van der Waals surface area (Å²) >= 11 is 0. The molecule has 0 atom stereocenters. The van der Waals surface area contributed by atoms with Gasteiger partial charge in [-0.15, -0.1) is 0 Å². The van der Waals surface area contributed by atoms with Gasteiger partial charge in [0.25, 0.3) is 0 Å². The number of benzene rings is 1. The quantitative estimate of drug-likeness (QED) is 0.817. The number of morpholine rings is 1. The van der Waals surface area contributed by atoms with Gasteiger partial charge in [-0.2, -0.15) is 0 Å². The van der Waals surface area contributed by atoms with E-state index in [1.54, 1.807) is 0 Å². The van der Waals surface area contributed by atoms with Crippen molar-refractivity contribution in [2.24, 2.45) is 0 Å². The van der Waals surface area contributed by atoms with Crippen molar-refractivity contribution in [1.82, 2.24) is 10.6 Å². The number of nitrogens with one attached hydrogen (secondary N) is 2. The van der Waals surface area contributed by atoms with Crippen LogP contribution in [-0.2, 0) is 16.1 Å². The Morgan fingerprint density at radius 1 is 1.19 bits per heavy atom. The number of hydrogen-bond acceptors (Lipinski definition) is 4. The summed E-state index contributed by atoms with van der Waals surface area (Å²) in [6, 6.07) is 8.97. The predicted octanol–water partition coefficient (Wildman–Crippen LogP) is 0.891. The van der Waals surface area contributed by atoms with Crippen molar-refractivity contribution in [3.63, 3.8) is 0 Å². The molecule has 5 heteroatoms. The van der Waals surface area contributed by atoms with Crippen LogP contribution in [0.2, 0.25) is 0 Å². The molecular formula is C16H23N3O2. The van der Waals surface area contributed by atoms with E-state index in [2.05, 4.69) is 39.8 Å². The van der Waals surface area contributed by atoms with Gasteiger partial charge in [0.05, 0.1) is 19.8 Å². The molecule has 1 amide bonds. The standard InChI is InChI=1S/C16H23N3O2/c20-16(18-14-3-4-14)12-17-11-13-1-5-15(6-2-13)19-7-9-21-10-8-19/h1-2,5-6,14,17H,3-4,7-12H2,(H,18,20). The molecule has 1 saturated heterocycles. The molecule has 1 aromatic carbocycles. The lowest BCUT2D eigenvalue weighted by atomic mass is 10.2. The lowest BCUT2D eigenvalue weighted by Gasteiger charge is -2.28. The summed E-state index contributed by atoms with van der Waals surface area (Å²) in [6.07, 6.45) is 2.27. The minimum Gasteiger partial charge on any atom is -0.378 e. The summed E-state index contributed by atoms with van der Waals surface area (Å²) in [5.74, 6) is 0.0995. The number of nitrogens with zero attached hydrogens (tertiary/aromatic N) is 1. The minimum atomic E-state index is 0.0995. The van der Waals surface area contributed by atoms with E-state index in [-0.39, 0.29) is 5.91 Å². The Kier molecular flexibility index (Phi) is 4.72. The van der Waals surface area contributed by atoms with E-state index in [1.807, 2.05) is 0 Å². The van der Waals surface area contributed by atoms with Crippen molar-refractivity contribution in [2.45, 2.75) is 25.4 Å². The average Bonchev–Trinajstić information content (AvgIpc) is 3.33. The lowest BCUT2D eigenvalue weighted by molar-refractivity contribution is -0.120. The summed E-state index contributed by atoms with van der Waals surface area (Å²) < 4.78 is 5.36. The molecule has 1 aliphatic heterocycles. The van der Waals surface area contributed by atoms with Gasteiger partial charge in [0, 0.05) is 31.4 Å². The third-order valence-electron chi connectivity index (χ3n) is 3.87. The highest BCUT2D eigenvalue weighted by atomic mass is 16.5. The molecule has 3 rings (SSSR count). The van der Waals surface area contributed by atoms with E-state index in [1.165, 1.54) is 11.3 Å². The lowest BCUT2D eigenvalue weighted by Crippen LogP contribution is -2.36. The van der Waals surface area contributed by atoms with Crippen LogP contribution in [0.25, 0.3) is 0 Å². The Bertz CT molecular complexity index is 465. The molecule has 21 heavy (non-hydrogen) atoms. The highest BCUT2D eigenvalue weighted by molar-refractivity contribution is 5.78. The Hall–Kier alpha value is -1.59. The monoisotopic (exact) mass is 289 g/mol. The van der Waals surface area contributed by atoms with Gasteiger partial charge in [-0.1, -0.05) is 12.1 Å². The second kappa shape index (κ2) is 6.91. The maximum Gasteiger partial charge on any atom is 0.234 e. The largest absolute Gasteiger partial charge is 0.378 e. The molecule has 1 saturated carbocycles. The highest BCUT2D eigenvalue weighted by Crippen LogP contribution is 2.18. The summed E-state index contributed by atoms with van der Waals surface area (Å²) in [5.41, 5.74) is 2.44. The fourth-order valence-electron chi connectivity index (χ4n) is 2.47. The first kappa shape index (κ1) is 14.4. The van der Waals surface area contributed by atoms with E-state index in [0.29, 0.717) is 12.6 Å². The van der Waals surface area contributed by atoms with Gasteiger partial charge in [0.1, 0.15) is 0 Å². The van der Waals surface area contributed by atoms with E-state index in [0.717, 1.165) is 45.7 Å². The number of carbonyl (C=O) groups is 1. The van der Waals surface area contributed by atoms with Gasteiger partial charge >= 0.3 is 0 Å². The normalized spacial score (nSPS) is 18.6. The Morgan fingerprint density at radius 2 is 1.90 bits per heavy atom. The minimum absolute atomic E-state index is 0.0995. The molecule has 5 nitrogen and oxygen atoms in total. The zero-order valence-corrected chi connectivity index (χ0v) is 12.3. The molecule has 2 fully saturated rings. The predicted molar refractivity (Wildman–Crippen MR) is 82.3 cm³/mol.